The number of likely N-dealkylation sites (tertiary alicyclic amines) is 1. The van der Waals surface area contributed by atoms with Gasteiger partial charge in [-0.3, -0.25) is 0 Å². The van der Waals surface area contributed by atoms with Crippen LogP contribution in [0.2, 0.25) is 0 Å². The molecule has 1 aliphatic rings. The van der Waals surface area contributed by atoms with E-state index in [0.29, 0.717) is 25.0 Å². The first kappa shape index (κ1) is 18.6. The number of carbonyl (C=O) groups is 1. The van der Waals surface area contributed by atoms with Gasteiger partial charge in [0.15, 0.2) is 0 Å². The second-order valence-corrected chi connectivity index (χ2v) is 7.97. The molecular formula is C20H31NO3. The van der Waals surface area contributed by atoms with Crippen molar-refractivity contribution in [2.75, 3.05) is 19.7 Å². The Morgan fingerprint density at radius 1 is 1.33 bits per heavy atom. The fraction of sp³-hybridized carbons (Fsp3) is 0.650. The van der Waals surface area contributed by atoms with Gasteiger partial charge in [-0.15, -0.1) is 0 Å². The highest BCUT2D eigenvalue weighted by Crippen LogP contribution is 2.23. The molecular weight excluding hydrogens is 302 g/mol. The first-order chi connectivity index (χ1) is 11.2. The van der Waals surface area contributed by atoms with Crippen molar-refractivity contribution in [3.63, 3.8) is 0 Å². The third-order valence-corrected chi connectivity index (χ3v) is 4.18. The molecule has 1 heterocycles. The van der Waals surface area contributed by atoms with Gasteiger partial charge in [0.2, 0.25) is 0 Å². The topological polar surface area (TPSA) is 38.8 Å². The van der Waals surface area contributed by atoms with Crippen molar-refractivity contribution in [1.29, 1.82) is 0 Å². The zero-order chi connectivity index (χ0) is 17.7. The summed E-state index contributed by atoms with van der Waals surface area (Å²) in [7, 11) is 0. The van der Waals surface area contributed by atoms with Crippen LogP contribution < -0.4 is 4.74 Å². The monoisotopic (exact) mass is 333 g/mol. The van der Waals surface area contributed by atoms with Crippen molar-refractivity contribution in [3.05, 3.63) is 29.8 Å². The Kier molecular flexibility index (Phi) is 6.14. The van der Waals surface area contributed by atoms with Crippen molar-refractivity contribution in [2.24, 2.45) is 5.92 Å². The lowest BCUT2D eigenvalue weighted by molar-refractivity contribution is 0.0139. The number of hydrogen-bond acceptors (Lipinski definition) is 3. The van der Waals surface area contributed by atoms with Crippen LogP contribution in [0, 0.1) is 5.92 Å². The summed E-state index contributed by atoms with van der Waals surface area (Å²) in [6, 6.07) is 8.28. The molecule has 4 nitrogen and oxygen atoms in total. The van der Waals surface area contributed by atoms with E-state index in [4.69, 9.17) is 9.47 Å². The molecule has 1 aliphatic heterocycles. The summed E-state index contributed by atoms with van der Waals surface area (Å²) in [5, 5.41) is 0. The number of amides is 1. The van der Waals surface area contributed by atoms with Crippen LogP contribution in [0.5, 0.6) is 5.75 Å². The quantitative estimate of drug-likeness (QED) is 0.791. The van der Waals surface area contributed by atoms with Crippen LogP contribution in [0.4, 0.5) is 4.79 Å². The largest absolute Gasteiger partial charge is 0.493 e. The minimum absolute atomic E-state index is 0.214. The molecule has 134 valence electrons. The Morgan fingerprint density at radius 2 is 2.08 bits per heavy atom. The molecule has 0 bridgehead atoms. The predicted molar refractivity (Wildman–Crippen MR) is 96.6 cm³/mol. The lowest BCUT2D eigenvalue weighted by Gasteiger charge is -2.34. The highest BCUT2D eigenvalue weighted by atomic mass is 16.6. The maximum Gasteiger partial charge on any atom is 0.410 e. The van der Waals surface area contributed by atoms with E-state index in [0.717, 1.165) is 25.1 Å². The van der Waals surface area contributed by atoms with E-state index in [1.54, 1.807) is 0 Å². The maximum atomic E-state index is 12.2. The summed E-state index contributed by atoms with van der Waals surface area (Å²) in [5.41, 5.74) is 0.837. The molecule has 24 heavy (non-hydrogen) atoms. The van der Waals surface area contributed by atoms with Crippen LogP contribution >= 0.6 is 0 Å². The zero-order valence-corrected chi connectivity index (χ0v) is 15.7. The van der Waals surface area contributed by atoms with Gasteiger partial charge in [-0.1, -0.05) is 26.0 Å². The third-order valence-electron chi connectivity index (χ3n) is 4.18. The predicted octanol–water partition coefficient (Wildman–Crippen LogP) is 4.84. The number of ether oxygens (including phenoxy) is 2. The van der Waals surface area contributed by atoms with Gasteiger partial charge < -0.3 is 14.4 Å². The van der Waals surface area contributed by atoms with Crippen molar-refractivity contribution < 1.29 is 14.3 Å². The molecule has 0 aromatic heterocycles. The molecule has 1 aromatic rings. The fourth-order valence-corrected chi connectivity index (χ4v) is 2.87. The first-order valence-electron chi connectivity index (χ1n) is 8.95. The highest BCUT2D eigenvalue weighted by molar-refractivity contribution is 5.68. The molecule has 1 amide bonds. The number of hydrogen-bond donors (Lipinski definition) is 0. The van der Waals surface area contributed by atoms with Crippen molar-refractivity contribution in [3.8, 4) is 5.75 Å². The zero-order valence-electron chi connectivity index (χ0n) is 15.7. The van der Waals surface area contributed by atoms with E-state index in [1.807, 2.05) is 37.8 Å². The number of benzene rings is 1. The van der Waals surface area contributed by atoms with E-state index in [-0.39, 0.29) is 6.09 Å². The summed E-state index contributed by atoms with van der Waals surface area (Å²) in [6.07, 6.45) is 1.87. The van der Waals surface area contributed by atoms with Crippen LogP contribution in [0.1, 0.15) is 58.9 Å². The summed E-state index contributed by atoms with van der Waals surface area (Å²) >= 11 is 0. The Bertz CT molecular complexity index is 548. The lowest BCUT2D eigenvalue weighted by Crippen LogP contribution is -2.44. The normalized spacial score (nSPS) is 18.6. The van der Waals surface area contributed by atoms with Crippen molar-refractivity contribution in [1.82, 2.24) is 4.90 Å². The van der Waals surface area contributed by atoms with E-state index in [2.05, 4.69) is 26.0 Å². The van der Waals surface area contributed by atoms with Crippen LogP contribution in [-0.4, -0.2) is 36.3 Å². The minimum Gasteiger partial charge on any atom is -0.493 e. The summed E-state index contributed by atoms with van der Waals surface area (Å²) in [6.45, 7) is 12.2. The number of nitrogens with zero attached hydrogens (tertiary/aromatic N) is 1. The number of piperidine rings is 1. The van der Waals surface area contributed by atoms with Crippen LogP contribution in [0.3, 0.4) is 0 Å². The molecule has 2 rings (SSSR count). The fourth-order valence-electron chi connectivity index (χ4n) is 2.87. The number of carbonyl (C=O) groups excluding carboxylic acids is 1. The van der Waals surface area contributed by atoms with Gasteiger partial charge in [0.05, 0.1) is 6.61 Å². The Hall–Kier alpha value is -1.71. The van der Waals surface area contributed by atoms with Gasteiger partial charge in [0, 0.05) is 19.0 Å². The van der Waals surface area contributed by atoms with Crippen LogP contribution in [0.15, 0.2) is 24.3 Å². The van der Waals surface area contributed by atoms with Gasteiger partial charge in [0.1, 0.15) is 11.4 Å². The molecule has 1 saturated heterocycles. The molecule has 1 aromatic carbocycles. The highest BCUT2D eigenvalue weighted by Gasteiger charge is 2.27. The van der Waals surface area contributed by atoms with Gasteiger partial charge in [-0.2, -0.15) is 0 Å². The van der Waals surface area contributed by atoms with Crippen molar-refractivity contribution in [2.45, 2.75) is 59.0 Å². The Morgan fingerprint density at radius 3 is 2.75 bits per heavy atom. The van der Waals surface area contributed by atoms with Crippen molar-refractivity contribution >= 4 is 6.09 Å². The molecule has 0 saturated carbocycles. The minimum atomic E-state index is -0.447. The maximum absolute atomic E-state index is 12.2. The first-order valence-corrected chi connectivity index (χ1v) is 8.95. The summed E-state index contributed by atoms with van der Waals surface area (Å²) in [4.78, 5) is 14.0. The van der Waals surface area contributed by atoms with Crippen LogP contribution in [-0.2, 0) is 4.74 Å². The van der Waals surface area contributed by atoms with Gasteiger partial charge in [-0.25, -0.2) is 4.79 Å². The van der Waals surface area contributed by atoms with Gasteiger partial charge >= 0.3 is 6.09 Å². The summed E-state index contributed by atoms with van der Waals surface area (Å²) < 4.78 is 11.5. The smallest absolute Gasteiger partial charge is 0.410 e. The second-order valence-electron chi connectivity index (χ2n) is 7.97. The molecule has 1 unspecified atom stereocenters. The standard InChI is InChI=1S/C20H31NO3/c1-15(2)17-9-6-10-18(12-17)23-14-16-8-7-11-21(13-16)19(22)24-20(3,4)5/h6,9-10,12,15-16H,7-8,11,13-14H2,1-5H3. The van der Waals surface area contributed by atoms with Gasteiger partial charge in [0.25, 0.3) is 0 Å². The van der Waals surface area contributed by atoms with E-state index >= 15 is 0 Å². The molecule has 1 fully saturated rings. The molecule has 1 atom stereocenters. The average molecular weight is 333 g/mol. The van der Waals surface area contributed by atoms with Crippen LogP contribution in [0.25, 0.3) is 0 Å². The van der Waals surface area contributed by atoms with Gasteiger partial charge in [-0.05, 0) is 57.2 Å². The SMILES string of the molecule is CC(C)c1cccc(OCC2CCCN(C(=O)OC(C)(C)C)C2)c1. The lowest BCUT2D eigenvalue weighted by atomic mass is 9.99. The number of rotatable bonds is 4. The molecule has 0 spiro atoms. The molecule has 0 aliphatic carbocycles. The van der Waals surface area contributed by atoms with E-state index < -0.39 is 5.60 Å². The van der Waals surface area contributed by atoms with E-state index in [9.17, 15) is 4.79 Å². The molecule has 4 heteroatoms. The summed E-state index contributed by atoms with van der Waals surface area (Å²) in [5.74, 6) is 1.76. The second kappa shape index (κ2) is 7.91. The Labute approximate surface area is 146 Å². The van der Waals surface area contributed by atoms with E-state index in [1.165, 1.54) is 5.56 Å². The molecule has 0 N–H and O–H groups in total. The Balaban J connectivity index is 1.87. The average Bonchev–Trinajstić information content (AvgIpc) is 2.52. The molecule has 0 radical (unpaired) electrons. The third kappa shape index (κ3) is 5.73.